The van der Waals surface area contributed by atoms with E-state index >= 15 is 0 Å². The maximum absolute atomic E-state index is 11.7. The Bertz CT molecular complexity index is 683. The Morgan fingerprint density at radius 2 is 1.58 bits per heavy atom. The number of ether oxygens (including phenoxy) is 1. The van der Waals surface area contributed by atoms with Gasteiger partial charge in [0.05, 0.1) is 0 Å². The molecule has 2 aromatic rings. The van der Waals surface area contributed by atoms with Crippen molar-refractivity contribution in [2.24, 2.45) is 0 Å². The average molecular weight is 325 g/mol. The highest BCUT2D eigenvalue weighted by atomic mass is 16.5. The van der Waals surface area contributed by atoms with Crippen LogP contribution < -0.4 is 5.32 Å². The molecule has 1 amide bonds. The lowest BCUT2D eigenvalue weighted by Crippen LogP contribution is -2.39. The lowest BCUT2D eigenvalue weighted by atomic mass is 10.1. The first kappa shape index (κ1) is 17.3. The van der Waals surface area contributed by atoms with Gasteiger partial charge in [-0.1, -0.05) is 72.8 Å². The van der Waals surface area contributed by atoms with Crippen LogP contribution in [0.1, 0.15) is 11.1 Å². The summed E-state index contributed by atoms with van der Waals surface area (Å²) in [5.74, 6) is -1.14. The fraction of sp³-hybridized carbons (Fsp3) is 0.158. The van der Waals surface area contributed by atoms with Crippen molar-refractivity contribution in [1.82, 2.24) is 5.32 Å². The molecule has 0 bridgehead atoms. The second-order valence-corrected chi connectivity index (χ2v) is 5.14. The Hall–Kier alpha value is -3.08. The molecular weight excluding hydrogens is 306 g/mol. The number of benzene rings is 2. The zero-order valence-electron chi connectivity index (χ0n) is 13.1. The molecule has 1 atom stereocenters. The summed E-state index contributed by atoms with van der Waals surface area (Å²) in [6, 6.07) is 17.7. The van der Waals surface area contributed by atoms with E-state index in [1.54, 1.807) is 6.08 Å². The number of aliphatic carboxylic acids is 1. The van der Waals surface area contributed by atoms with E-state index in [0.29, 0.717) is 6.42 Å². The van der Waals surface area contributed by atoms with Crippen molar-refractivity contribution in [2.75, 3.05) is 0 Å². The van der Waals surface area contributed by atoms with Crippen LogP contribution >= 0.6 is 0 Å². The van der Waals surface area contributed by atoms with Crippen LogP contribution in [-0.2, 0) is 22.6 Å². The minimum atomic E-state index is -1.14. The number of alkyl carbamates (subject to hydrolysis) is 1. The Morgan fingerprint density at radius 1 is 1.00 bits per heavy atom. The van der Waals surface area contributed by atoms with Gasteiger partial charge in [-0.25, -0.2) is 9.59 Å². The highest BCUT2D eigenvalue weighted by molar-refractivity contribution is 5.81. The van der Waals surface area contributed by atoms with Gasteiger partial charge in [-0.05, 0) is 17.5 Å². The van der Waals surface area contributed by atoms with Crippen LogP contribution in [0.5, 0.6) is 0 Å². The monoisotopic (exact) mass is 325 g/mol. The standard InChI is InChI=1S/C19H19NO4/c21-18(22)17(13-7-12-15-8-3-1-4-9-15)20-19(23)24-14-16-10-5-2-6-11-16/h1-11,13,17H,12,14H2,(H,20,23)(H,21,22)/b13-7+/t17-/m1/s1. The van der Waals surface area contributed by atoms with Crippen molar-refractivity contribution in [3.05, 3.63) is 83.9 Å². The van der Waals surface area contributed by atoms with E-state index in [1.165, 1.54) is 6.08 Å². The number of nitrogens with one attached hydrogen (secondary N) is 1. The maximum atomic E-state index is 11.7. The molecule has 5 nitrogen and oxygen atoms in total. The molecule has 0 aliphatic heterocycles. The van der Waals surface area contributed by atoms with Crippen molar-refractivity contribution in [1.29, 1.82) is 0 Å². The quantitative estimate of drug-likeness (QED) is 0.767. The highest BCUT2D eigenvalue weighted by Gasteiger charge is 2.17. The molecule has 2 rings (SSSR count). The van der Waals surface area contributed by atoms with E-state index in [0.717, 1.165) is 11.1 Å². The molecule has 0 aliphatic rings. The Labute approximate surface area is 140 Å². The third-order valence-corrected chi connectivity index (χ3v) is 3.28. The number of carbonyl (C=O) groups is 2. The first-order valence-electron chi connectivity index (χ1n) is 7.56. The minimum Gasteiger partial charge on any atom is -0.479 e. The Morgan fingerprint density at radius 3 is 2.17 bits per heavy atom. The van der Waals surface area contributed by atoms with Gasteiger partial charge in [0, 0.05) is 0 Å². The molecule has 0 aliphatic carbocycles. The summed E-state index contributed by atoms with van der Waals surface area (Å²) in [6.45, 7) is 0.0900. The number of carboxylic acids is 1. The summed E-state index contributed by atoms with van der Waals surface area (Å²) in [5.41, 5.74) is 1.89. The molecule has 0 spiro atoms. The fourth-order valence-corrected chi connectivity index (χ4v) is 2.04. The summed E-state index contributed by atoms with van der Waals surface area (Å²) < 4.78 is 5.03. The molecule has 0 saturated carbocycles. The molecule has 0 unspecified atom stereocenters. The fourth-order valence-electron chi connectivity index (χ4n) is 2.04. The van der Waals surface area contributed by atoms with Gasteiger partial charge in [-0.3, -0.25) is 0 Å². The van der Waals surface area contributed by atoms with E-state index in [1.807, 2.05) is 60.7 Å². The predicted molar refractivity (Wildman–Crippen MR) is 90.5 cm³/mol. The first-order chi connectivity index (χ1) is 11.6. The van der Waals surface area contributed by atoms with E-state index in [4.69, 9.17) is 4.74 Å². The van der Waals surface area contributed by atoms with Gasteiger partial charge in [-0.2, -0.15) is 0 Å². The predicted octanol–water partition coefficient (Wildman–Crippen LogP) is 3.16. The maximum Gasteiger partial charge on any atom is 0.408 e. The van der Waals surface area contributed by atoms with Gasteiger partial charge in [0.15, 0.2) is 0 Å². The number of rotatable bonds is 7. The number of hydrogen-bond donors (Lipinski definition) is 2. The molecule has 2 N–H and O–H groups in total. The van der Waals surface area contributed by atoms with Crippen LogP contribution in [0.15, 0.2) is 72.8 Å². The van der Waals surface area contributed by atoms with E-state index in [9.17, 15) is 14.7 Å². The van der Waals surface area contributed by atoms with Crippen LogP contribution in [0.3, 0.4) is 0 Å². The number of allylic oxidation sites excluding steroid dienone is 1. The van der Waals surface area contributed by atoms with E-state index < -0.39 is 18.1 Å². The highest BCUT2D eigenvalue weighted by Crippen LogP contribution is 2.03. The molecule has 0 fully saturated rings. The van der Waals surface area contributed by atoms with Gasteiger partial charge in [-0.15, -0.1) is 0 Å². The van der Waals surface area contributed by atoms with Gasteiger partial charge >= 0.3 is 12.1 Å². The lowest BCUT2D eigenvalue weighted by molar-refractivity contribution is -0.138. The number of carbonyl (C=O) groups excluding carboxylic acids is 1. The van der Waals surface area contributed by atoms with Gasteiger partial charge < -0.3 is 15.2 Å². The molecule has 0 heterocycles. The summed E-state index contributed by atoms with van der Waals surface area (Å²) in [4.78, 5) is 23.0. The van der Waals surface area contributed by atoms with Crippen molar-refractivity contribution in [2.45, 2.75) is 19.1 Å². The Kier molecular flexibility index (Phi) is 6.58. The van der Waals surface area contributed by atoms with Crippen LogP contribution in [0.2, 0.25) is 0 Å². The zero-order valence-corrected chi connectivity index (χ0v) is 13.1. The van der Waals surface area contributed by atoms with Crippen LogP contribution in [-0.4, -0.2) is 23.2 Å². The Balaban J connectivity index is 1.83. The molecule has 0 saturated heterocycles. The molecule has 2 aromatic carbocycles. The molecule has 0 radical (unpaired) electrons. The summed E-state index contributed by atoms with van der Waals surface area (Å²) >= 11 is 0. The summed E-state index contributed by atoms with van der Waals surface area (Å²) in [5, 5.41) is 11.5. The van der Waals surface area contributed by atoms with Crippen LogP contribution in [0, 0.1) is 0 Å². The lowest BCUT2D eigenvalue weighted by Gasteiger charge is -2.11. The van der Waals surface area contributed by atoms with Crippen molar-refractivity contribution in [3.8, 4) is 0 Å². The first-order valence-corrected chi connectivity index (χ1v) is 7.56. The summed E-state index contributed by atoms with van der Waals surface area (Å²) in [6.07, 6.45) is 2.98. The van der Waals surface area contributed by atoms with Crippen molar-refractivity contribution < 1.29 is 19.4 Å². The van der Waals surface area contributed by atoms with Gasteiger partial charge in [0.2, 0.25) is 0 Å². The number of amides is 1. The summed E-state index contributed by atoms with van der Waals surface area (Å²) in [7, 11) is 0. The second-order valence-electron chi connectivity index (χ2n) is 5.14. The van der Waals surface area contributed by atoms with Gasteiger partial charge in [0.25, 0.3) is 0 Å². The minimum absolute atomic E-state index is 0.0900. The SMILES string of the molecule is O=C(N[C@H](/C=C/Cc1ccccc1)C(=O)O)OCc1ccccc1. The molecule has 5 heteroatoms. The van der Waals surface area contributed by atoms with Crippen molar-refractivity contribution in [3.63, 3.8) is 0 Å². The molecule has 0 aromatic heterocycles. The largest absolute Gasteiger partial charge is 0.479 e. The number of carboxylic acid groups (broad SMARTS) is 1. The third-order valence-electron chi connectivity index (χ3n) is 3.28. The van der Waals surface area contributed by atoms with Gasteiger partial charge in [0.1, 0.15) is 12.6 Å². The smallest absolute Gasteiger partial charge is 0.408 e. The van der Waals surface area contributed by atoms with Crippen molar-refractivity contribution >= 4 is 12.1 Å². The number of hydrogen-bond acceptors (Lipinski definition) is 3. The molecular formula is C19H19NO4. The normalized spacial score (nSPS) is 11.8. The molecule has 124 valence electrons. The van der Waals surface area contributed by atoms with E-state index in [-0.39, 0.29) is 6.61 Å². The topological polar surface area (TPSA) is 75.6 Å². The van der Waals surface area contributed by atoms with Crippen LogP contribution in [0.25, 0.3) is 0 Å². The van der Waals surface area contributed by atoms with Crippen LogP contribution in [0.4, 0.5) is 4.79 Å². The van der Waals surface area contributed by atoms with E-state index in [2.05, 4.69) is 5.32 Å². The third kappa shape index (κ3) is 5.96. The average Bonchev–Trinajstić information content (AvgIpc) is 2.61. The second kappa shape index (κ2) is 9.15. The zero-order chi connectivity index (χ0) is 17.2. The molecule has 24 heavy (non-hydrogen) atoms.